The first kappa shape index (κ1) is 17.5. The van der Waals surface area contributed by atoms with Gasteiger partial charge in [0.05, 0.1) is 0 Å². The van der Waals surface area contributed by atoms with Crippen LogP contribution in [0.1, 0.15) is 0 Å². The zero-order valence-electron chi connectivity index (χ0n) is 14.9. The van der Waals surface area contributed by atoms with Crippen molar-refractivity contribution in [1.29, 1.82) is 0 Å². The molecule has 26 heavy (non-hydrogen) atoms. The molecule has 1 aromatic carbocycles. The zero-order valence-corrected chi connectivity index (χ0v) is 17.0. The number of aryl methyl sites for hydroxylation is 1. The van der Waals surface area contributed by atoms with Crippen molar-refractivity contribution in [2.75, 3.05) is 33.2 Å². The number of amides is 1. The lowest BCUT2D eigenvalue weighted by Gasteiger charge is -2.32. The number of fused-ring (bicyclic) bond motifs is 1. The molecule has 0 spiro atoms. The van der Waals surface area contributed by atoms with E-state index in [2.05, 4.69) is 63.0 Å². The van der Waals surface area contributed by atoms with E-state index < -0.39 is 0 Å². The highest BCUT2D eigenvalue weighted by Gasteiger charge is 2.20. The molecule has 3 aromatic rings. The molecule has 1 amide bonds. The number of likely N-dealkylation sites (N-methyl/N-ethyl adjacent to an activating group) is 1. The average Bonchev–Trinajstić information content (AvgIpc) is 3.19. The molecule has 0 saturated carbocycles. The molecule has 0 unspecified atom stereocenters. The molecule has 2 aromatic heterocycles. The highest BCUT2D eigenvalue weighted by Crippen LogP contribution is 2.27. The van der Waals surface area contributed by atoms with E-state index in [0.717, 1.165) is 46.2 Å². The van der Waals surface area contributed by atoms with Crippen molar-refractivity contribution in [2.45, 2.75) is 6.54 Å². The number of rotatable bonds is 3. The Bertz CT molecular complexity index is 954. The first-order valence-corrected chi connectivity index (χ1v) is 9.70. The van der Waals surface area contributed by atoms with Crippen molar-refractivity contribution < 1.29 is 4.79 Å². The van der Waals surface area contributed by atoms with Gasteiger partial charge >= 0.3 is 0 Å². The fourth-order valence-electron chi connectivity index (χ4n) is 3.30. The maximum absolute atomic E-state index is 12.7. The van der Waals surface area contributed by atoms with Crippen LogP contribution in [0.15, 0.2) is 30.7 Å². The van der Waals surface area contributed by atoms with Gasteiger partial charge in [-0.2, -0.15) is 5.10 Å². The Balaban J connectivity index is 1.59. The molecule has 7 nitrogen and oxygen atoms in total. The van der Waals surface area contributed by atoms with Crippen LogP contribution in [0.4, 0.5) is 0 Å². The normalized spacial score (nSPS) is 15.7. The number of piperazine rings is 1. The molecule has 136 valence electrons. The minimum atomic E-state index is 0.182. The number of halogens is 1. The molecule has 4 rings (SSSR count). The fourth-order valence-corrected chi connectivity index (χ4v) is 4.06. The van der Waals surface area contributed by atoms with Crippen molar-refractivity contribution in [3.8, 4) is 11.4 Å². The summed E-state index contributed by atoms with van der Waals surface area (Å²) in [4.78, 5) is 21.2. The number of carbonyl (C=O) groups excluding carboxylic acids is 1. The van der Waals surface area contributed by atoms with Gasteiger partial charge in [-0.25, -0.2) is 4.98 Å². The highest BCUT2D eigenvalue weighted by atomic mass is 127. The molecule has 0 bridgehead atoms. The third-order valence-electron chi connectivity index (χ3n) is 4.85. The predicted octanol–water partition coefficient (Wildman–Crippen LogP) is 1.82. The van der Waals surface area contributed by atoms with Crippen LogP contribution in [0, 0.1) is 3.57 Å². The molecule has 0 N–H and O–H groups in total. The first-order valence-electron chi connectivity index (χ1n) is 8.62. The smallest absolute Gasteiger partial charge is 0.242 e. The molecular weight excluding hydrogens is 443 g/mol. The van der Waals surface area contributed by atoms with Crippen molar-refractivity contribution in [1.82, 2.24) is 29.1 Å². The Morgan fingerprint density at radius 2 is 1.96 bits per heavy atom. The van der Waals surface area contributed by atoms with Gasteiger partial charge in [0.15, 0.2) is 5.82 Å². The van der Waals surface area contributed by atoms with Crippen LogP contribution in [0.2, 0.25) is 0 Å². The third kappa shape index (κ3) is 3.35. The lowest BCUT2D eigenvalue weighted by Crippen LogP contribution is -2.48. The van der Waals surface area contributed by atoms with Crippen molar-refractivity contribution in [3.05, 3.63) is 34.3 Å². The Kier molecular flexibility index (Phi) is 4.70. The summed E-state index contributed by atoms with van der Waals surface area (Å²) < 4.78 is 4.87. The number of carbonyl (C=O) groups is 1. The monoisotopic (exact) mass is 464 g/mol. The van der Waals surface area contributed by atoms with Gasteiger partial charge in [0, 0.05) is 59.5 Å². The average molecular weight is 464 g/mol. The number of nitrogens with zero attached hydrogens (tertiary/aromatic N) is 6. The molecule has 0 atom stereocenters. The van der Waals surface area contributed by atoms with Crippen LogP contribution < -0.4 is 0 Å². The highest BCUT2D eigenvalue weighted by molar-refractivity contribution is 14.1. The Morgan fingerprint density at radius 3 is 2.65 bits per heavy atom. The van der Waals surface area contributed by atoms with Crippen LogP contribution in [-0.4, -0.2) is 68.3 Å². The fraction of sp³-hybridized carbons (Fsp3) is 0.389. The standard InChI is InChI=1S/C18H21IN6O/c1-22-5-7-24(8-6-22)17(26)11-25-10-15(19)14-9-13(3-4-16(14)25)18-20-12-23(2)21-18/h3-4,9-10,12H,5-8,11H2,1-2H3. The lowest BCUT2D eigenvalue weighted by atomic mass is 10.1. The summed E-state index contributed by atoms with van der Waals surface area (Å²) in [6.45, 7) is 3.87. The number of hydrogen-bond acceptors (Lipinski definition) is 4. The summed E-state index contributed by atoms with van der Waals surface area (Å²) in [6.07, 6.45) is 3.75. The topological polar surface area (TPSA) is 59.2 Å². The van der Waals surface area contributed by atoms with Gasteiger partial charge in [0.2, 0.25) is 5.91 Å². The van der Waals surface area contributed by atoms with Crippen LogP contribution in [0.25, 0.3) is 22.3 Å². The molecule has 0 radical (unpaired) electrons. The quantitative estimate of drug-likeness (QED) is 0.555. The molecule has 1 aliphatic rings. The maximum Gasteiger partial charge on any atom is 0.242 e. The molecule has 1 aliphatic heterocycles. The second-order valence-corrected chi connectivity index (χ2v) is 7.92. The van der Waals surface area contributed by atoms with Gasteiger partial charge in [-0.3, -0.25) is 9.48 Å². The molecular formula is C18H21IN6O. The second-order valence-electron chi connectivity index (χ2n) is 6.76. The molecule has 8 heteroatoms. The predicted molar refractivity (Wildman–Crippen MR) is 109 cm³/mol. The van der Waals surface area contributed by atoms with Crippen LogP contribution in [0.5, 0.6) is 0 Å². The molecule has 1 fully saturated rings. The van der Waals surface area contributed by atoms with Crippen molar-refractivity contribution >= 4 is 39.4 Å². The SMILES string of the molecule is CN1CCN(C(=O)Cn2cc(I)c3cc(-c4ncn(C)n4)ccc32)CC1. The summed E-state index contributed by atoms with van der Waals surface area (Å²) in [5.41, 5.74) is 2.05. The van der Waals surface area contributed by atoms with E-state index in [4.69, 9.17) is 0 Å². The van der Waals surface area contributed by atoms with Crippen molar-refractivity contribution in [2.24, 2.45) is 7.05 Å². The minimum Gasteiger partial charge on any atom is -0.339 e. The lowest BCUT2D eigenvalue weighted by molar-refractivity contribution is -0.133. The van der Waals surface area contributed by atoms with Gasteiger partial charge in [-0.1, -0.05) is 0 Å². The van der Waals surface area contributed by atoms with E-state index in [-0.39, 0.29) is 5.91 Å². The Morgan fingerprint density at radius 1 is 1.19 bits per heavy atom. The molecule has 0 aliphatic carbocycles. The van der Waals surface area contributed by atoms with E-state index in [1.165, 1.54) is 0 Å². The van der Waals surface area contributed by atoms with E-state index in [0.29, 0.717) is 12.4 Å². The van der Waals surface area contributed by atoms with Crippen LogP contribution >= 0.6 is 22.6 Å². The van der Waals surface area contributed by atoms with E-state index >= 15 is 0 Å². The van der Waals surface area contributed by atoms with Crippen molar-refractivity contribution in [3.63, 3.8) is 0 Å². The van der Waals surface area contributed by atoms with Gasteiger partial charge in [0.1, 0.15) is 12.9 Å². The maximum atomic E-state index is 12.7. The Hall–Kier alpha value is -1.94. The van der Waals surface area contributed by atoms with Gasteiger partial charge < -0.3 is 14.4 Å². The van der Waals surface area contributed by atoms with Gasteiger partial charge in [-0.05, 0) is 47.8 Å². The summed E-state index contributed by atoms with van der Waals surface area (Å²) in [5.74, 6) is 0.897. The number of aromatic nitrogens is 4. The second kappa shape index (κ2) is 6.99. The van der Waals surface area contributed by atoms with E-state index in [1.807, 2.05) is 22.6 Å². The van der Waals surface area contributed by atoms with Crippen LogP contribution in [0.3, 0.4) is 0 Å². The number of hydrogen-bond donors (Lipinski definition) is 0. The summed E-state index contributed by atoms with van der Waals surface area (Å²) in [5, 5.41) is 5.50. The van der Waals surface area contributed by atoms with Crippen LogP contribution in [-0.2, 0) is 18.4 Å². The van der Waals surface area contributed by atoms with Gasteiger partial charge in [0.25, 0.3) is 0 Å². The third-order valence-corrected chi connectivity index (χ3v) is 5.71. The largest absolute Gasteiger partial charge is 0.339 e. The summed E-state index contributed by atoms with van der Waals surface area (Å²) in [6, 6.07) is 6.17. The molecule has 3 heterocycles. The minimum absolute atomic E-state index is 0.182. The summed E-state index contributed by atoms with van der Waals surface area (Å²) >= 11 is 2.33. The van der Waals surface area contributed by atoms with E-state index in [1.54, 1.807) is 11.0 Å². The van der Waals surface area contributed by atoms with E-state index in [9.17, 15) is 4.79 Å². The number of benzene rings is 1. The molecule has 1 saturated heterocycles. The van der Waals surface area contributed by atoms with Gasteiger partial charge in [-0.15, -0.1) is 0 Å². The first-order chi connectivity index (χ1) is 12.5. The Labute approximate surface area is 165 Å². The summed E-state index contributed by atoms with van der Waals surface area (Å²) in [7, 11) is 3.96. The zero-order chi connectivity index (χ0) is 18.3.